The second-order valence-corrected chi connectivity index (χ2v) is 4.99. The number of oxime groups is 1. The maximum Gasteiger partial charge on any atom is 0.416 e. The van der Waals surface area contributed by atoms with Crippen LogP contribution in [0.4, 0.5) is 13.2 Å². The van der Waals surface area contributed by atoms with Gasteiger partial charge in [-0.2, -0.15) is 13.2 Å². The molecule has 0 saturated carbocycles. The first-order valence-electron chi connectivity index (χ1n) is 6.01. The topological polar surface area (TPSA) is 87.7 Å². The molecule has 0 unspecified atom stereocenters. The highest BCUT2D eigenvalue weighted by atomic mass is 19.4. The lowest BCUT2D eigenvalue weighted by molar-refractivity contribution is -0.137. The zero-order valence-electron chi connectivity index (χ0n) is 11.5. The van der Waals surface area contributed by atoms with E-state index >= 15 is 0 Å². The molecule has 1 aromatic carbocycles. The highest BCUT2D eigenvalue weighted by molar-refractivity contribution is 6.05. The summed E-state index contributed by atoms with van der Waals surface area (Å²) in [7, 11) is 0. The van der Waals surface area contributed by atoms with Gasteiger partial charge in [0, 0.05) is 6.54 Å². The van der Waals surface area contributed by atoms with E-state index in [-0.39, 0.29) is 12.4 Å². The first kappa shape index (κ1) is 16.8. The van der Waals surface area contributed by atoms with Gasteiger partial charge in [0.2, 0.25) is 5.91 Å². The Morgan fingerprint density at radius 2 is 2.00 bits per heavy atom. The van der Waals surface area contributed by atoms with Gasteiger partial charge in [-0.1, -0.05) is 17.3 Å². The number of nitrogens with zero attached hydrogens (tertiary/aromatic N) is 1. The SMILES string of the molecule is CC(C)(C(=O)NCc1cccc(C(F)(F)F)c1)C(N)=NO. The number of amides is 1. The first-order chi connectivity index (χ1) is 9.59. The summed E-state index contributed by atoms with van der Waals surface area (Å²) in [6.07, 6.45) is -4.44. The van der Waals surface area contributed by atoms with Gasteiger partial charge in [0.05, 0.1) is 5.56 Å². The molecule has 116 valence electrons. The van der Waals surface area contributed by atoms with E-state index in [1.54, 1.807) is 0 Å². The molecular formula is C13H16F3N3O2. The normalized spacial score (nSPS) is 13.1. The maximum absolute atomic E-state index is 12.6. The molecule has 1 amide bonds. The monoisotopic (exact) mass is 303 g/mol. The third-order valence-electron chi connectivity index (χ3n) is 3.02. The number of halogens is 3. The van der Waals surface area contributed by atoms with Crippen molar-refractivity contribution < 1.29 is 23.2 Å². The van der Waals surface area contributed by atoms with Crippen molar-refractivity contribution in [3.05, 3.63) is 35.4 Å². The fourth-order valence-corrected chi connectivity index (χ4v) is 1.50. The molecule has 0 fully saturated rings. The van der Waals surface area contributed by atoms with Crippen molar-refractivity contribution in [1.29, 1.82) is 0 Å². The minimum absolute atomic E-state index is 0.0924. The van der Waals surface area contributed by atoms with Gasteiger partial charge in [0.25, 0.3) is 0 Å². The number of hydrogen-bond donors (Lipinski definition) is 3. The molecule has 1 aromatic rings. The minimum atomic E-state index is -4.44. The predicted molar refractivity (Wildman–Crippen MR) is 70.5 cm³/mol. The lowest BCUT2D eigenvalue weighted by atomic mass is 9.91. The Morgan fingerprint density at radius 3 is 2.52 bits per heavy atom. The molecular weight excluding hydrogens is 287 g/mol. The Balaban J connectivity index is 2.79. The number of rotatable bonds is 4. The largest absolute Gasteiger partial charge is 0.416 e. The van der Waals surface area contributed by atoms with Crippen LogP contribution in [0.5, 0.6) is 0 Å². The fourth-order valence-electron chi connectivity index (χ4n) is 1.50. The van der Waals surface area contributed by atoms with E-state index in [1.165, 1.54) is 26.0 Å². The van der Waals surface area contributed by atoms with Gasteiger partial charge in [-0.25, -0.2) is 0 Å². The molecule has 0 aromatic heterocycles. The van der Waals surface area contributed by atoms with Crippen molar-refractivity contribution in [3.8, 4) is 0 Å². The van der Waals surface area contributed by atoms with Crippen LogP contribution in [-0.2, 0) is 17.5 Å². The van der Waals surface area contributed by atoms with E-state index in [4.69, 9.17) is 10.9 Å². The van der Waals surface area contributed by atoms with Crippen LogP contribution in [0.3, 0.4) is 0 Å². The zero-order valence-corrected chi connectivity index (χ0v) is 11.5. The molecule has 4 N–H and O–H groups in total. The van der Waals surface area contributed by atoms with Crippen molar-refractivity contribution >= 4 is 11.7 Å². The number of nitrogens with one attached hydrogen (secondary N) is 1. The molecule has 0 atom stereocenters. The van der Waals surface area contributed by atoms with Gasteiger partial charge in [-0.05, 0) is 31.5 Å². The molecule has 0 aliphatic heterocycles. The molecule has 0 bridgehead atoms. The summed E-state index contributed by atoms with van der Waals surface area (Å²) in [5.74, 6) is -0.848. The van der Waals surface area contributed by atoms with Gasteiger partial charge >= 0.3 is 6.18 Å². The van der Waals surface area contributed by atoms with Crippen molar-refractivity contribution in [2.45, 2.75) is 26.6 Å². The Labute approximate surface area is 119 Å². The Morgan fingerprint density at radius 1 is 1.38 bits per heavy atom. The molecule has 21 heavy (non-hydrogen) atoms. The number of alkyl halides is 3. The van der Waals surface area contributed by atoms with E-state index in [2.05, 4.69) is 10.5 Å². The summed E-state index contributed by atoms with van der Waals surface area (Å²) in [5.41, 5.74) is 3.64. The summed E-state index contributed by atoms with van der Waals surface area (Å²) in [6.45, 7) is 2.78. The molecule has 0 aliphatic rings. The smallest absolute Gasteiger partial charge is 0.409 e. The lowest BCUT2D eigenvalue weighted by Gasteiger charge is -2.21. The van der Waals surface area contributed by atoms with Crippen molar-refractivity contribution in [2.75, 3.05) is 0 Å². The van der Waals surface area contributed by atoms with Gasteiger partial charge in [0.1, 0.15) is 5.41 Å². The van der Waals surface area contributed by atoms with Crippen LogP contribution in [0, 0.1) is 5.41 Å². The van der Waals surface area contributed by atoms with E-state index < -0.39 is 23.1 Å². The number of amidine groups is 1. The molecule has 0 aliphatic carbocycles. The first-order valence-corrected chi connectivity index (χ1v) is 6.01. The predicted octanol–water partition coefficient (Wildman–Crippen LogP) is 2.09. The van der Waals surface area contributed by atoms with Crippen molar-refractivity contribution in [2.24, 2.45) is 16.3 Å². The van der Waals surface area contributed by atoms with E-state index in [0.29, 0.717) is 5.56 Å². The second kappa shape index (κ2) is 6.02. The maximum atomic E-state index is 12.6. The number of benzene rings is 1. The average molecular weight is 303 g/mol. The Kier molecular flexibility index (Phi) is 4.82. The fraction of sp³-hybridized carbons (Fsp3) is 0.385. The number of carbonyl (C=O) groups excluding carboxylic acids is 1. The van der Waals surface area contributed by atoms with Crippen LogP contribution in [0.15, 0.2) is 29.4 Å². The summed E-state index contributed by atoms with van der Waals surface area (Å²) in [5, 5.41) is 13.8. The highest BCUT2D eigenvalue weighted by Crippen LogP contribution is 2.29. The van der Waals surface area contributed by atoms with Gasteiger partial charge in [-0.15, -0.1) is 0 Å². The quantitative estimate of drug-likeness (QED) is 0.344. The van der Waals surface area contributed by atoms with Crippen molar-refractivity contribution in [1.82, 2.24) is 5.32 Å². The summed E-state index contributed by atoms with van der Waals surface area (Å²) in [4.78, 5) is 11.9. The summed E-state index contributed by atoms with van der Waals surface area (Å²) < 4.78 is 37.7. The van der Waals surface area contributed by atoms with Gasteiger partial charge in [0.15, 0.2) is 5.84 Å². The van der Waals surface area contributed by atoms with Gasteiger partial charge in [-0.3, -0.25) is 4.79 Å². The number of carbonyl (C=O) groups is 1. The third kappa shape index (κ3) is 4.11. The van der Waals surface area contributed by atoms with Crippen LogP contribution in [0.2, 0.25) is 0 Å². The molecule has 0 heterocycles. The van der Waals surface area contributed by atoms with Crippen LogP contribution < -0.4 is 11.1 Å². The number of nitrogens with two attached hydrogens (primary N) is 1. The Hall–Kier alpha value is -2.25. The lowest BCUT2D eigenvalue weighted by Crippen LogP contribution is -2.45. The second-order valence-electron chi connectivity index (χ2n) is 4.99. The van der Waals surface area contributed by atoms with Crippen LogP contribution in [0.25, 0.3) is 0 Å². The van der Waals surface area contributed by atoms with E-state index in [9.17, 15) is 18.0 Å². The molecule has 0 radical (unpaired) electrons. The Bertz CT molecular complexity index is 554. The standard InChI is InChI=1S/C13H16F3N3O2/c1-12(2,10(17)19-21)11(20)18-7-8-4-3-5-9(6-8)13(14,15)16/h3-6,21H,7H2,1-2H3,(H2,17,19)(H,18,20). The van der Waals surface area contributed by atoms with Crippen LogP contribution in [-0.4, -0.2) is 17.0 Å². The molecule has 8 heteroatoms. The van der Waals surface area contributed by atoms with Crippen LogP contribution >= 0.6 is 0 Å². The van der Waals surface area contributed by atoms with E-state index in [1.807, 2.05) is 0 Å². The molecule has 1 rings (SSSR count). The molecule has 0 spiro atoms. The average Bonchev–Trinajstić information content (AvgIpc) is 2.43. The molecule has 0 saturated heterocycles. The van der Waals surface area contributed by atoms with E-state index in [0.717, 1.165) is 12.1 Å². The van der Waals surface area contributed by atoms with Crippen molar-refractivity contribution in [3.63, 3.8) is 0 Å². The summed E-state index contributed by atoms with van der Waals surface area (Å²) >= 11 is 0. The molecule has 5 nitrogen and oxygen atoms in total. The third-order valence-corrected chi connectivity index (χ3v) is 3.02. The number of hydrogen-bond acceptors (Lipinski definition) is 3. The van der Waals surface area contributed by atoms with Crippen LogP contribution in [0.1, 0.15) is 25.0 Å². The minimum Gasteiger partial charge on any atom is -0.409 e. The summed E-state index contributed by atoms with van der Waals surface area (Å²) in [6, 6.07) is 4.63. The van der Waals surface area contributed by atoms with Gasteiger partial charge < -0.3 is 16.3 Å². The zero-order chi connectivity index (χ0) is 16.3. The highest BCUT2D eigenvalue weighted by Gasteiger charge is 2.33.